The van der Waals surface area contributed by atoms with E-state index in [1.165, 1.54) is 18.3 Å². The molecule has 0 spiro atoms. The number of aromatic nitrogens is 4. The summed E-state index contributed by atoms with van der Waals surface area (Å²) in [5, 5.41) is 21.2. The Labute approximate surface area is 145 Å². The molecule has 3 N–H and O–H groups in total. The number of hydrogen-bond donors (Lipinski definition) is 3. The van der Waals surface area contributed by atoms with Crippen LogP contribution in [-0.2, 0) is 0 Å². The van der Waals surface area contributed by atoms with Gasteiger partial charge in [-0.1, -0.05) is 0 Å². The Morgan fingerprint density at radius 2 is 1.65 bits per heavy atom. The standard InChI is InChI=1S/C17H11F2N5O2/c18-12-5-9(6-13(19)15(12)26)22-17-20-7-14-16(23-17)24(8-21-14)10-1-3-11(25)4-2-10/h1-8,25-26H,(H,20,22,23). The monoisotopic (exact) mass is 355 g/mol. The topological polar surface area (TPSA) is 96.1 Å². The van der Waals surface area contributed by atoms with Crippen molar-refractivity contribution in [3.63, 3.8) is 0 Å². The highest BCUT2D eigenvalue weighted by Gasteiger charge is 2.12. The first-order chi connectivity index (χ1) is 12.5. The van der Waals surface area contributed by atoms with Gasteiger partial charge in [-0.25, -0.2) is 18.7 Å². The fraction of sp³-hybridized carbons (Fsp3) is 0. The summed E-state index contributed by atoms with van der Waals surface area (Å²) in [5.74, 6) is -3.00. The summed E-state index contributed by atoms with van der Waals surface area (Å²) in [6.45, 7) is 0. The molecule has 0 radical (unpaired) electrons. The molecule has 2 aromatic carbocycles. The van der Waals surface area contributed by atoms with Gasteiger partial charge in [-0.05, 0) is 24.3 Å². The SMILES string of the molecule is Oc1ccc(-n2cnc3cnc(Nc4cc(F)c(O)c(F)c4)nc32)cc1. The van der Waals surface area contributed by atoms with Gasteiger partial charge in [0.2, 0.25) is 5.95 Å². The summed E-state index contributed by atoms with van der Waals surface area (Å²) < 4.78 is 28.6. The van der Waals surface area contributed by atoms with E-state index < -0.39 is 17.4 Å². The normalized spacial score (nSPS) is 11.0. The average molecular weight is 355 g/mol. The molecule has 0 saturated heterocycles. The number of nitrogens with one attached hydrogen (secondary N) is 1. The van der Waals surface area contributed by atoms with Crippen LogP contribution in [0.5, 0.6) is 11.5 Å². The third-order valence-corrected chi connectivity index (χ3v) is 3.69. The van der Waals surface area contributed by atoms with Crippen LogP contribution in [0.1, 0.15) is 0 Å². The predicted molar refractivity (Wildman–Crippen MR) is 89.6 cm³/mol. The Kier molecular flexibility index (Phi) is 3.61. The summed E-state index contributed by atoms with van der Waals surface area (Å²) in [4.78, 5) is 12.6. The molecule has 26 heavy (non-hydrogen) atoms. The van der Waals surface area contributed by atoms with Gasteiger partial charge in [0.25, 0.3) is 0 Å². The Morgan fingerprint density at radius 3 is 2.35 bits per heavy atom. The molecule has 0 saturated carbocycles. The molecule has 130 valence electrons. The molecule has 0 unspecified atom stereocenters. The van der Waals surface area contributed by atoms with Crippen molar-refractivity contribution in [3.05, 3.63) is 60.6 Å². The predicted octanol–water partition coefficient (Wildman–Crippen LogP) is 3.25. The fourth-order valence-electron chi connectivity index (χ4n) is 2.44. The van der Waals surface area contributed by atoms with Gasteiger partial charge in [0.1, 0.15) is 17.6 Å². The summed E-state index contributed by atoms with van der Waals surface area (Å²) >= 11 is 0. The number of phenolic OH excluding ortho intramolecular Hbond substituents is 2. The lowest BCUT2D eigenvalue weighted by molar-refractivity contribution is 0.396. The Bertz CT molecular complexity index is 1090. The molecule has 4 rings (SSSR count). The van der Waals surface area contributed by atoms with E-state index in [2.05, 4.69) is 20.3 Å². The van der Waals surface area contributed by atoms with Crippen molar-refractivity contribution in [1.82, 2.24) is 19.5 Å². The zero-order chi connectivity index (χ0) is 18.3. The maximum Gasteiger partial charge on any atom is 0.229 e. The number of imidazole rings is 1. The highest BCUT2D eigenvalue weighted by atomic mass is 19.1. The third-order valence-electron chi connectivity index (χ3n) is 3.69. The number of fused-ring (bicyclic) bond motifs is 1. The van der Waals surface area contributed by atoms with Gasteiger partial charge in [-0.3, -0.25) is 4.57 Å². The number of anilines is 2. The van der Waals surface area contributed by atoms with E-state index in [1.54, 1.807) is 23.0 Å². The number of halogens is 2. The first-order valence-electron chi connectivity index (χ1n) is 7.46. The number of phenols is 2. The van der Waals surface area contributed by atoms with E-state index >= 15 is 0 Å². The minimum Gasteiger partial charge on any atom is -0.508 e. The molecule has 2 heterocycles. The minimum atomic E-state index is -1.09. The van der Waals surface area contributed by atoms with Crippen molar-refractivity contribution in [2.24, 2.45) is 0 Å². The van der Waals surface area contributed by atoms with Crippen molar-refractivity contribution in [1.29, 1.82) is 0 Å². The second-order valence-electron chi connectivity index (χ2n) is 5.45. The molecule has 0 fully saturated rings. The number of aromatic hydroxyl groups is 2. The molecule has 0 bridgehead atoms. The number of benzene rings is 2. The molecule has 0 aliphatic rings. The van der Waals surface area contributed by atoms with E-state index in [0.717, 1.165) is 17.8 Å². The summed E-state index contributed by atoms with van der Waals surface area (Å²) in [7, 11) is 0. The maximum atomic E-state index is 13.5. The zero-order valence-corrected chi connectivity index (χ0v) is 13.1. The van der Waals surface area contributed by atoms with Crippen LogP contribution in [0.25, 0.3) is 16.9 Å². The van der Waals surface area contributed by atoms with Crippen LogP contribution in [0.3, 0.4) is 0 Å². The second-order valence-corrected chi connectivity index (χ2v) is 5.45. The largest absolute Gasteiger partial charge is 0.508 e. The van der Waals surface area contributed by atoms with Gasteiger partial charge in [-0.15, -0.1) is 0 Å². The van der Waals surface area contributed by atoms with Crippen LogP contribution in [0, 0.1) is 11.6 Å². The highest BCUT2D eigenvalue weighted by molar-refractivity contribution is 5.74. The van der Waals surface area contributed by atoms with Crippen molar-refractivity contribution < 1.29 is 19.0 Å². The van der Waals surface area contributed by atoms with E-state index in [-0.39, 0.29) is 17.4 Å². The molecular formula is C17H11F2N5O2. The van der Waals surface area contributed by atoms with E-state index in [4.69, 9.17) is 5.11 Å². The van der Waals surface area contributed by atoms with Crippen molar-refractivity contribution >= 4 is 22.8 Å². The van der Waals surface area contributed by atoms with Gasteiger partial charge >= 0.3 is 0 Å². The number of hydrogen-bond acceptors (Lipinski definition) is 6. The van der Waals surface area contributed by atoms with Crippen molar-refractivity contribution in [2.75, 3.05) is 5.32 Å². The lowest BCUT2D eigenvalue weighted by atomic mass is 10.3. The van der Waals surface area contributed by atoms with Crippen LogP contribution >= 0.6 is 0 Å². The van der Waals surface area contributed by atoms with Crippen LogP contribution in [0.4, 0.5) is 20.4 Å². The summed E-state index contributed by atoms with van der Waals surface area (Å²) in [5.41, 5.74) is 1.75. The quantitative estimate of drug-likeness (QED) is 0.488. The minimum absolute atomic E-state index is 0.0489. The zero-order valence-electron chi connectivity index (χ0n) is 13.1. The average Bonchev–Trinajstić information content (AvgIpc) is 3.03. The fourth-order valence-corrected chi connectivity index (χ4v) is 2.44. The first-order valence-corrected chi connectivity index (χ1v) is 7.46. The number of nitrogens with zero attached hydrogens (tertiary/aromatic N) is 4. The van der Waals surface area contributed by atoms with Crippen molar-refractivity contribution in [2.45, 2.75) is 0 Å². The van der Waals surface area contributed by atoms with E-state index in [9.17, 15) is 13.9 Å². The van der Waals surface area contributed by atoms with Crippen LogP contribution in [-0.4, -0.2) is 29.7 Å². The third kappa shape index (κ3) is 2.75. The number of rotatable bonds is 3. The molecular weight excluding hydrogens is 344 g/mol. The van der Waals surface area contributed by atoms with E-state index in [1.807, 2.05) is 0 Å². The first kappa shape index (κ1) is 15.8. The van der Waals surface area contributed by atoms with Gasteiger partial charge in [0, 0.05) is 23.5 Å². The molecule has 0 aliphatic carbocycles. The maximum absolute atomic E-state index is 13.5. The molecule has 2 aromatic heterocycles. The second kappa shape index (κ2) is 5.96. The highest BCUT2D eigenvalue weighted by Crippen LogP contribution is 2.26. The summed E-state index contributed by atoms with van der Waals surface area (Å²) in [6.07, 6.45) is 3.02. The smallest absolute Gasteiger partial charge is 0.229 e. The van der Waals surface area contributed by atoms with Crippen molar-refractivity contribution in [3.8, 4) is 17.2 Å². The van der Waals surface area contributed by atoms with Crippen LogP contribution in [0.15, 0.2) is 48.9 Å². The Hall–Kier alpha value is -3.75. The lowest BCUT2D eigenvalue weighted by Gasteiger charge is -2.08. The molecule has 0 atom stereocenters. The van der Waals surface area contributed by atoms with Crippen LogP contribution < -0.4 is 5.32 Å². The molecule has 4 aromatic rings. The molecule has 0 aliphatic heterocycles. The molecule has 9 heteroatoms. The molecule has 0 amide bonds. The van der Waals surface area contributed by atoms with Gasteiger partial charge in [-0.2, -0.15) is 4.98 Å². The van der Waals surface area contributed by atoms with Crippen LogP contribution in [0.2, 0.25) is 0 Å². The van der Waals surface area contributed by atoms with Gasteiger partial charge in [0.05, 0.1) is 6.20 Å². The van der Waals surface area contributed by atoms with Gasteiger partial charge in [0.15, 0.2) is 23.0 Å². The summed E-state index contributed by atoms with van der Waals surface area (Å²) in [6, 6.07) is 8.31. The van der Waals surface area contributed by atoms with Gasteiger partial charge < -0.3 is 15.5 Å². The Balaban J connectivity index is 1.73. The molecule has 7 nitrogen and oxygen atoms in total. The lowest BCUT2D eigenvalue weighted by Crippen LogP contribution is -2.00. The van der Waals surface area contributed by atoms with E-state index in [0.29, 0.717) is 11.2 Å². The Morgan fingerprint density at radius 1 is 0.962 bits per heavy atom.